The van der Waals surface area contributed by atoms with E-state index in [4.69, 9.17) is 9.15 Å². The number of methoxy groups -OCH3 is 1. The Kier molecular flexibility index (Phi) is 10.5. The quantitative estimate of drug-likeness (QED) is 0.149. The monoisotopic (exact) mass is 655 g/mol. The van der Waals surface area contributed by atoms with Crippen LogP contribution in [0, 0.1) is 5.41 Å². The Hall–Kier alpha value is -2.60. The third-order valence-corrected chi connectivity index (χ3v) is 13.2. The minimum absolute atomic E-state index is 0.0572. The van der Waals surface area contributed by atoms with Crippen LogP contribution in [0.4, 0.5) is 0 Å². The van der Waals surface area contributed by atoms with E-state index in [1.54, 1.807) is 36.8 Å². The molecule has 45 heavy (non-hydrogen) atoms. The highest BCUT2D eigenvalue weighted by molar-refractivity contribution is 7.91. The van der Waals surface area contributed by atoms with E-state index in [1.165, 1.54) is 27.5 Å². The highest BCUT2D eigenvalue weighted by atomic mass is 32.2. The van der Waals surface area contributed by atoms with Crippen molar-refractivity contribution in [2.24, 2.45) is 5.41 Å². The van der Waals surface area contributed by atoms with Gasteiger partial charge in [0.05, 0.1) is 18.0 Å². The number of hydrogen-bond acceptors (Lipinski definition) is 8. The molecule has 0 spiro atoms. The molecule has 4 atom stereocenters. The van der Waals surface area contributed by atoms with Gasteiger partial charge in [0.1, 0.15) is 4.21 Å². The number of sulfonamides is 1. The van der Waals surface area contributed by atoms with Crippen LogP contribution in [0.3, 0.4) is 0 Å². The molecule has 244 valence electrons. The molecule has 3 aliphatic carbocycles. The Morgan fingerprint density at radius 2 is 2.00 bits per heavy atom. The number of fused-ring (bicyclic) bond motifs is 8. The van der Waals surface area contributed by atoms with Crippen molar-refractivity contribution in [3.8, 4) is 0 Å². The van der Waals surface area contributed by atoms with Gasteiger partial charge in [-0.25, -0.2) is 8.42 Å². The SMILES string of the molecule is COCCCN(CC1(O)CCC2c3ccc(cc3C(=O)c3ccco3)CC(O)CCC(C)=CCCC21C)S(=O)(=O)c1cccs1. The van der Waals surface area contributed by atoms with Crippen LogP contribution in [0.15, 0.2) is 74.4 Å². The average molecular weight is 656 g/mol. The minimum Gasteiger partial charge on any atom is -0.461 e. The number of nitrogens with zero attached hydrogens (tertiary/aromatic N) is 1. The van der Waals surface area contributed by atoms with Crippen LogP contribution in [0.2, 0.25) is 0 Å². The summed E-state index contributed by atoms with van der Waals surface area (Å²) in [5, 5.41) is 25.3. The summed E-state index contributed by atoms with van der Waals surface area (Å²) in [6, 6.07) is 12.5. The largest absolute Gasteiger partial charge is 0.461 e. The smallest absolute Gasteiger partial charge is 0.252 e. The van der Waals surface area contributed by atoms with Gasteiger partial charge in [-0.3, -0.25) is 4.79 Å². The topological polar surface area (TPSA) is 117 Å². The number of carbonyl (C=O) groups is 1. The Balaban J connectivity index is 1.60. The number of ketones is 1. The number of aliphatic hydroxyl groups is 2. The Morgan fingerprint density at radius 1 is 1.18 bits per heavy atom. The van der Waals surface area contributed by atoms with Crippen molar-refractivity contribution < 1.29 is 32.6 Å². The number of furan rings is 1. The number of allylic oxidation sites excluding steroid dienone is 2. The average Bonchev–Trinajstić information content (AvgIpc) is 3.79. The van der Waals surface area contributed by atoms with Gasteiger partial charge in [0.2, 0.25) is 5.78 Å². The molecule has 2 N–H and O–H groups in total. The van der Waals surface area contributed by atoms with Gasteiger partial charge in [0.15, 0.2) is 5.76 Å². The second-order valence-corrected chi connectivity index (χ2v) is 16.0. The summed E-state index contributed by atoms with van der Waals surface area (Å²) < 4.78 is 40.2. The maximum absolute atomic E-state index is 13.9. The molecule has 1 aromatic carbocycles. The first kappa shape index (κ1) is 33.8. The molecule has 3 aliphatic rings. The summed E-state index contributed by atoms with van der Waals surface area (Å²) in [4.78, 5) is 13.9. The number of benzene rings is 1. The molecule has 0 saturated heterocycles. The van der Waals surface area contributed by atoms with Gasteiger partial charge in [0.25, 0.3) is 10.0 Å². The van der Waals surface area contributed by atoms with Crippen LogP contribution in [0.25, 0.3) is 0 Å². The molecule has 2 heterocycles. The maximum Gasteiger partial charge on any atom is 0.252 e. The van der Waals surface area contributed by atoms with Crippen LogP contribution in [-0.4, -0.2) is 67.2 Å². The molecule has 1 saturated carbocycles. The van der Waals surface area contributed by atoms with Crippen molar-refractivity contribution in [1.82, 2.24) is 4.31 Å². The number of thiophene rings is 1. The van der Waals surface area contributed by atoms with Gasteiger partial charge < -0.3 is 19.4 Å². The number of aliphatic hydroxyl groups excluding tert-OH is 1. The summed E-state index contributed by atoms with van der Waals surface area (Å²) >= 11 is 1.17. The van der Waals surface area contributed by atoms with Gasteiger partial charge in [0, 0.05) is 37.8 Å². The molecule has 2 aromatic heterocycles. The summed E-state index contributed by atoms with van der Waals surface area (Å²) in [5.41, 5.74) is 1.23. The minimum atomic E-state index is -3.86. The molecule has 0 radical (unpaired) electrons. The predicted octanol–water partition coefficient (Wildman–Crippen LogP) is 6.34. The number of hydrogen-bond donors (Lipinski definition) is 2. The van der Waals surface area contributed by atoms with E-state index in [1.807, 2.05) is 18.2 Å². The van der Waals surface area contributed by atoms with Gasteiger partial charge in [-0.15, -0.1) is 11.3 Å². The Bertz CT molecular complexity index is 1580. The zero-order chi connectivity index (χ0) is 32.2. The molecule has 3 aromatic rings. The van der Waals surface area contributed by atoms with Gasteiger partial charge in [-0.2, -0.15) is 4.31 Å². The highest BCUT2D eigenvalue weighted by Gasteiger charge is 2.58. The summed E-state index contributed by atoms with van der Waals surface area (Å²) in [6.07, 6.45) is 7.62. The van der Waals surface area contributed by atoms with Crippen LogP contribution < -0.4 is 0 Å². The zero-order valence-electron chi connectivity index (χ0n) is 26.4. The first-order valence-corrected chi connectivity index (χ1v) is 18.1. The van der Waals surface area contributed by atoms with E-state index in [2.05, 4.69) is 19.9 Å². The summed E-state index contributed by atoms with van der Waals surface area (Å²) in [5.74, 6) is -0.235. The number of carbonyl (C=O) groups excluding carboxylic acids is 1. The van der Waals surface area contributed by atoms with E-state index in [9.17, 15) is 23.4 Å². The van der Waals surface area contributed by atoms with Crippen LogP contribution in [0.1, 0.15) is 92.0 Å². The van der Waals surface area contributed by atoms with E-state index >= 15 is 0 Å². The molecular formula is C35H45NO7S2. The van der Waals surface area contributed by atoms with Crippen molar-refractivity contribution in [3.05, 3.63) is 88.2 Å². The predicted molar refractivity (Wildman–Crippen MR) is 175 cm³/mol. The molecule has 0 aliphatic heterocycles. The zero-order valence-corrected chi connectivity index (χ0v) is 28.0. The fourth-order valence-corrected chi connectivity index (χ4v) is 9.91. The third kappa shape index (κ3) is 7.06. The highest BCUT2D eigenvalue weighted by Crippen LogP contribution is 2.59. The van der Waals surface area contributed by atoms with Crippen molar-refractivity contribution in [1.29, 1.82) is 0 Å². The van der Waals surface area contributed by atoms with Crippen molar-refractivity contribution in [2.45, 2.75) is 87.0 Å². The number of rotatable bonds is 10. The molecule has 8 nitrogen and oxygen atoms in total. The number of ether oxygens (including phenoxy) is 1. The summed E-state index contributed by atoms with van der Waals surface area (Å²) in [6.45, 7) is 4.69. The molecule has 1 fully saturated rings. The van der Waals surface area contributed by atoms with Gasteiger partial charge in [-0.1, -0.05) is 36.8 Å². The second kappa shape index (κ2) is 14.0. The van der Waals surface area contributed by atoms with Crippen LogP contribution in [0.5, 0.6) is 0 Å². The van der Waals surface area contributed by atoms with E-state index in [0.29, 0.717) is 57.1 Å². The Labute approximate surface area is 270 Å². The van der Waals surface area contributed by atoms with E-state index in [0.717, 1.165) is 17.5 Å². The molecule has 2 bridgehead atoms. The summed E-state index contributed by atoms with van der Waals surface area (Å²) in [7, 11) is -2.27. The van der Waals surface area contributed by atoms with E-state index in [-0.39, 0.29) is 34.8 Å². The lowest BCUT2D eigenvalue weighted by atomic mass is 9.65. The van der Waals surface area contributed by atoms with E-state index < -0.39 is 27.1 Å². The maximum atomic E-state index is 13.9. The first-order valence-electron chi connectivity index (χ1n) is 15.8. The lowest BCUT2D eigenvalue weighted by molar-refractivity contribution is -0.0727. The molecular weight excluding hydrogens is 611 g/mol. The molecule has 10 heteroatoms. The van der Waals surface area contributed by atoms with Crippen molar-refractivity contribution >= 4 is 27.1 Å². The Morgan fingerprint density at radius 3 is 2.71 bits per heavy atom. The lowest BCUT2D eigenvalue weighted by Gasteiger charge is -2.46. The van der Waals surface area contributed by atoms with Crippen molar-refractivity contribution in [2.75, 3.05) is 26.8 Å². The fraction of sp³-hybridized carbons (Fsp3) is 0.514. The third-order valence-electron chi connectivity index (χ3n) is 9.94. The van der Waals surface area contributed by atoms with Gasteiger partial charge in [-0.05, 0) is 105 Å². The van der Waals surface area contributed by atoms with Crippen LogP contribution in [-0.2, 0) is 21.2 Å². The standard InChI is InChI=1S/C35H45NO7S2/c1-25-8-4-16-34(2)30(15-17-35(34,39)24-36(18-7-19-42-3)45(40,41)32-10-6-21-44-32)28-14-12-26(22-27(37)13-11-25)23-29(28)33(38)31-9-5-20-43-31/h5-6,8-10,12,14,20-21,23,27,30,37,39H,4,7,11,13,15-19,22,24H2,1-3H3. The molecule has 6 rings (SSSR count). The molecule has 0 amide bonds. The first-order chi connectivity index (χ1) is 21.5. The van der Waals surface area contributed by atoms with Gasteiger partial charge >= 0.3 is 0 Å². The fourth-order valence-electron chi connectivity index (χ4n) is 7.24. The lowest BCUT2D eigenvalue weighted by Crippen LogP contribution is -2.54. The second-order valence-electron chi connectivity index (χ2n) is 12.9. The normalized spacial score (nSPS) is 26.0. The molecule has 4 unspecified atom stereocenters. The van der Waals surface area contributed by atoms with Crippen LogP contribution >= 0.6 is 11.3 Å². The van der Waals surface area contributed by atoms with Crippen molar-refractivity contribution in [3.63, 3.8) is 0 Å².